The summed E-state index contributed by atoms with van der Waals surface area (Å²) >= 11 is 1.76. The molecule has 2 aromatic heterocycles. The highest BCUT2D eigenvalue weighted by Crippen LogP contribution is 2.28. The lowest BCUT2D eigenvalue weighted by molar-refractivity contribution is 0.282. The summed E-state index contributed by atoms with van der Waals surface area (Å²) in [6, 6.07) is 14.3. The summed E-state index contributed by atoms with van der Waals surface area (Å²) in [6.45, 7) is 0.698. The van der Waals surface area contributed by atoms with Crippen molar-refractivity contribution in [2.45, 2.75) is 13.2 Å². The van der Waals surface area contributed by atoms with Crippen LogP contribution in [0, 0.1) is 0 Å². The average Bonchev–Trinajstić information content (AvgIpc) is 3.29. The molecule has 0 saturated carbocycles. The van der Waals surface area contributed by atoms with Gasteiger partial charge in [0.05, 0.1) is 12.8 Å². The largest absolute Gasteiger partial charge is 0.444 e. The van der Waals surface area contributed by atoms with Gasteiger partial charge >= 0.3 is 0 Å². The molecule has 2 heterocycles. The van der Waals surface area contributed by atoms with Crippen molar-refractivity contribution < 1.29 is 9.52 Å². The van der Waals surface area contributed by atoms with Gasteiger partial charge in [-0.15, -0.1) is 11.3 Å². The highest BCUT2D eigenvalue weighted by molar-refractivity contribution is 7.17. The van der Waals surface area contributed by atoms with Crippen LogP contribution in [0.15, 0.2) is 64.9 Å². The summed E-state index contributed by atoms with van der Waals surface area (Å²) in [7, 11) is 0. The van der Waals surface area contributed by atoms with Gasteiger partial charge < -0.3 is 14.8 Å². The van der Waals surface area contributed by atoms with E-state index >= 15 is 0 Å². The summed E-state index contributed by atoms with van der Waals surface area (Å²) in [5.41, 5.74) is 3.92. The zero-order valence-corrected chi connectivity index (χ0v) is 13.7. The molecule has 0 aliphatic rings. The van der Waals surface area contributed by atoms with Crippen LogP contribution in [0.25, 0.3) is 21.4 Å². The Balaban J connectivity index is 1.57. The third-order valence-electron chi connectivity index (χ3n) is 4.02. The first-order chi connectivity index (χ1) is 11.8. The number of hydrogen-bond donors (Lipinski definition) is 2. The number of nitrogens with zero attached hydrogens (tertiary/aromatic N) is 1. The van der Waals surface area contributed by atoms with E-state index in [4.69, 9.17) is 4.42 Å². The van der Waals surface area contributed by atoms with Crippen LogP contribution in [0.2, 0.25) is 0 Å². The van der Waals surface area contributed by atoms with Crippen molar-refractivity contribution in [3.05, 3.63) is 71.6 Å². The Morgan fingerprint density at radius 3 is 2.88 bits per heavy atom. The molecule has 0 atom stereocenters. The number of benzene rings is 2. The van der Waals surface area contributed by atoms with Gasteiger partial charge in [0.1, 0.15) is 0 Å². The number of anilines is 1. The number of aliphatic hydroxyl groups is 1. The Morgan fingerprint density at radius 2 is 2.04 bits per heavy atom. The number of rotatable bonds is 5. The molecule has 4 rings (SSSR count). The van der Waals surface area contributed by atoms with Crippen molar-refractivity contribution in [3.8, 4) is 11.3 Å². The second-order valence-corrected chi connectivity index (χ2v) is 6.42. The lowest BCUT2D eigenvalue weighted by Gasteiger charge is -2.10. The van der Waals surface area contributed by atoms with Gasteiger partial charge in [-0.1, -0.05) is 18.2 Å². The fourth-order valence-electron chi connectivity index (χ4n) is 2.79. The Morgan fingerprint density at radius 1 is 1.12 bits per heavy atom. The normalized spacial score (nSPS) is 11.0. The van der Waals surface area contributed by atoms with Gasteiger partial charge in [0.25, 0.3) is 0 Å². The summed E-state index contributed by atoms with van der Waals surface area (Å²) in [5.74, 6) is 0.662. The fourth-order valence-corrected chi connectivity index (χ4v) is 3.75. The molecule has 0 aliphatic carbocycles. The fraction of sp³-hybridized carbons (Fsp3) is 0.105. The lowest BCUT2D eigenvalue weighted by atomic mass is 10.1. The number of thiophene rings is 1. The van der Waals surface area contributed by atoms with E-state index in [1.807, 2.05) is 18.2 Å². The molecule has 2 N–H and O–H groups in total. The Hall–Kier alpha value is -2.63. The number of fused-ring (bicyclic) bond motifs is 1. The van der Waals surface area contributed by atoms with Crippen molar-refractivity contribution in [2.24, 2.45) is 0 Å². The van der Waals surface area contributed by atoms with E-state index in [0.717, 1.165) is 23.4 Å². The summed E-state index contributed by atoms with van der Waals surface area (Å²) < 4.78 is 6.62. The molecule has 0 radical (unpaired) electrons. The molecule has 0 aliphatic heterocycles. The maximum absolute atomic E-state index is 9.65. The number of aromatic nitrogens is 1. The van der Waals surface area contributed by atoms with E-state index < -0.39 is 0 Å². The second-order valence-electron chi connectivity index (χ2n) is 5.51. The molecular weight excluding hydrogens is 320 g/mol. The topological polar surface area (TPSA) is 58.3 Å². The van der Waals surface area contributed by atoms with Gasteiger partial charge in [-0.3, -0.25) is 0 Å². The third kappa shape index (κ3) is 2.79. The SMILES string of the molecule is OCc1cc(NCc2csc3ccccc23)ccc1-c1cnco1. The summed E-state index contributed by atoms with van der Waals surface area (Å²) in [6.07, 6.45) is 3.05. The van der Waals surface area contributed by atoms with Crippen LogP contribution in [0.1, 0.15) is 11.1 Å². The van der Waals surface area contributed by atoms with Crippen LogP contribution < -0.4 is 5.32 Å². The van der Waals surface area contributed by atoms with Crippen molar-refractivity contribution in [3.63, 3.8) is 0 Å². The minimum atomic E-state index is -0.0487. The zero-order chi connectivity index (χ0) is 16.4. The molecule has 4 nitrogen and oxygen atoms in total. The molecule has 0 unspecified atom stereocenters. The van der Waals surface area contributed by atoms with Crippen LogP contribution in [-0.4, -0.2) is 10.1 Å². The highest BCUT2D eigenvalue weighted by Gasteiger charge is 2.09. The van der Waals surface area contributed by atoms with E-state index in [9.17, 15) is 5.11 Å². The molecule has 5 heteroatoms. The zero-order valence-electron chi connectivity index (χ0n) is 12.9. The first-order valence-electron chi connectivity index (χ1n) is 7.67. The summed E-state index contributed by atoms with van der Waals surface area (Å²) in [4.78, 5) is 3.93. The van der Waals surface area contributed by atoms with Crippen molar-refractivity contribution >= 4 is 27.1 Å². The van der Waals surface area contributed by atoms with Crippen LogP contribution >= 0.6 is 11.3 Å². The van der Waals surface area contributed by atoms with E-state index in [0.29, 0.717) is 5.76 Å². The van der Waals surface area contributed by atoms with Gasteiger partial charge in [-0.25, -0.2) is 4.98 Å². The van der Waals surface area contributed by atoms with E-state index in [2.05, 4.69) is 39.9 Å². The molecule has 2 aromatic carbocycles. The highest BCUT2D eigenvalue weighted by atomic mass is 32.1. The van der Waals surface area contributed by atoms with Crippen LogP contribution in [0.5, 0.6) is 0 Å². The number of hydrogen-bond acceptors (Lipinski definition) is 5. The summed E-state index contributed by atoms with van der Waals surface area (Å²) in [5, 5.41) is 16.6. The molecule has 0 amide bonds. The van der Waals surface area contributed by atoms with Crippen molar-refractivity contribution in [2.75, 3.05) is 5.32 Å². The maximum Gasteiger partial charge on any atom is 0.181 e. The van der Waals surface area contributed by atoms with Crippen LogP contribution in [0.3, 0.4) is 0 Å². The van der Waals surface area contributed by atoms with Crippen molar-refractivity contribution in [1.82, 2.24) is 4.98 Å². The number of aliphatic hydroxyl groups excluding tert-OH is 1. The quantitative estimate of drug-likeness (QED) is 0.556. The molecule has 0 bridgehead atoms. The van der Waals surface area contributed by atoms with Crippen LogP contribution in [-0.2, 0) is 13.2 Å². The minimum Gasteiger partial charge on any atom is -0.444 e. The number of nitrogens with one attached hydrogen (secondary N) is 1. The average molecular weight is 336 g/mol. The molecule has 0 saturated heterocycles. The van der Waals surface area contributed by atoms with Crippen LogP contribution in [0.4, 0.5) is 5.69 Å². The van der Waals surface area contributed by atoms with E-state index in [-0.39, 0.29) is 6.61 Å². The molecule has 0 fully saturated rings. The molecule has 24 heavy (non-hydrogen) atoms. The molecule has 0 spiro atoms. The predicted octanol–water partition coefficient (Wildman–Crippen LogP) is 4.66. The third-order valence-corrected chi connectivity index (χ3v) is 5.03. The van der Waals surface area contributed by atoms with Gasteiger partial charge in [-0.2, -0.15) is 0 Å². The molecule has 4 aromatic rings. The van der Waals surface area contributed by atoms with Gasteiger partial charge in [-0.05, 0) is 46.2 Å². The minimum absolute atomic E-state index is 0.0487. The molecular formula is C19H16N2O2S. The first kappa shape index (κ1) is 14.9. The van der Waals surface area contributed by atoms with Gasteiger partial charge in [0.15, 0.2) is 12.2 Å². The predicted molar refractivity (Wildman–Crippen MR) is 97.0 cm³/mol. The Labute approximate surface area is 143 Å². The standard InChI is InChI=1S/C19H16N2O2S/c22-10-13-7-15(5-6-16(13)18-9-20-12-23-18)21-8-14-11-24-19-4-2-1-3-17(14)19/h1-7,9,11-12,21-22H,8,10H2. The Bertz CT molecular complexity index is 961. The van der Waals surface area contributed by atoms with Gasteiger partial charge in [0.2, 0.25) is 0 Å². The smallest absolute Gasteiger partial charge is 0.181 e. The maximum atomic E-state index is 9.65. The monoisotopic (exact) mass is 336 g/mol. The first-order valence-corrected chi connectivity index (χ1v) is 8.55. The van der Waals surface area contributed by atoms with Gasteiger partial charge in [0, 0.05) is 22.5 Å². The lowest BCUT2D eigenvalue weighted by Crippen LogP contribution is -2.00. The number of oxazole rings is 1. The molecule has 120 valence electrons. The second kappa shape index (κ2) is 6.47. The van der Waals surface area contributed by atoms with E-state index in [1.54, 1.807) is 17.5 Å². The van der Waals surface area contributed by atoms with Crippen molar-refractivity contribution in [1.29, 1.82) is 0 Å². The Kier molecular flexibility index (Phi) is 4.02. The van der Waals surface area contributed by atoms with E-state index in [1.165, 1.54) is 22.0 Å².